The summed E-state index contributed by atoms with van der Waals surface area (Å²) in [7, 11) is -5.86. The van der Waals surface area contributed by atoms with Crippen molar-refractivity contribution in [3.05, 3.63) is 59.7 Å². The third-order valence-electron chi connectivity index (χ3n) is 3.27. The summed E-state index contributed by atoms with van der Waals surface area (Å²) in [5, 5.41) is 9.36. The maximum atomic E-state index is 12.4. The molecular formula is C18H21NO4SSi. The fourth-order valence-corrected chi connectivity index (χ4v) is 3.95. The molecule has 2 aromatic carbocycles. The van der Waals surface area contributed by atoms with Crippen molar-refractivity contribution in [2.75, 3.05) is 0 Å². The van der Waals surface area contributed by atoms with Gasteiger partial charge in [-0.25, -0.2) is 0 Å². The summed E-state index contributed by atoms with van der Waals surface area (Å²) in [6.45, 7) is 7.83. The maximum Gasteiger partial charge on any atom is 0.339 e. The molecule has 0 saturated carbocycles. The van der Waals surface area contributed by atoms with Crippen molar-refractivity contribution in [3.8, 4) is 11.8 Å². The van der Waals surface area contributed by atoms with Crippen molar-refractivity contribution in [1.29, 1.82) is 5.26 Å². The number of benzene rings is 2. The average molecular weight is 376 g/mol. The monoisotopic (exact) mass is 375 g/mol. The molecule has 0 bridgehead atoms. The number of aryl methyl sites for hydroxylation is 1. The van der Waals surface area contributed by atoms with E-state index in [1.54, 1.807) is 24.3 Å². The largest absolute Gasteiger partial charge is 0.399 e. The van der Waals surface area contributed by atoms with E-state index in [-0.39, 0.29) is 10.6 Å². The molecule has 0 radical (unpaired) electrons. The van der Waals surface area contributed by atoms with Crippen molar-refractivity contribution in [3.63, 3.8) is 0 Å². The van der Waals surface area contributed by atoms with Gasteiger partial charge in [0.15, 0.2) is 14.4 Å². The van der Waals surface area contributed by atoms with Gasteiger partial charge in [0.05, 0.1) is 6.07 Å². The molecule has 132 valence electrons. The quantitative estimate of drug-likeness (QED) is 0.559. The second kappa shape index (κ2) is 7.40. The van der Waals surface area contributed by atoms with Gasteiger partial charge in [-0.3, -0.25) is 0 Å². The Kier molecular flexibility index (Phi) is 5.68. The Labute approximate surface area is 150 Å². The maximum absolute atomic E-state index is 12.4. The minimum atomic E-state index is -3.93. The average Bonchev–Trinajstić information content (AvgIpc) is 2.52. The van der Waals surface area contributed by atoms with E-state index in [2.05, 4.69) is 6.07 Å². The molecule has 0 saturated heterocycles. The van der Waals surface area contributed by atoms with Crippen LogP contribution in [0.5, 0.6) is 5.75 Å². The van der Waals surface area contributed by atoms with Gasteiger partial charge < -0.3 is 8.61 Å². The van der Waals surface area contributed by atoms with Gasteiger partial charge in [-0.05, 0) is 56.4 Å². The highest BCUT2D eigenvalue weighted by molar-refractivity contribution is 7.87. The number of hydrogen-bond acceptors (Lipinski definition) is 5. The van der Waals surface area contributed by atoms with Crippen LogP contribution in [-0.4, -0.2) is 16.7 Å². The molecule has 7 heteroatoms. The lowest BCUT2D eigenvalue weighted by molar-refractivity contribution is 0.254. The first kappa shape index (κ1) is 19.2. The van der Waals surface area contributed by atoms with Crippen molar-refractivity contribution in [2.45, 2.75) is 37.6 Å². The molecule has 2 aromatic rings. The van der Waals surface area contributed by atoms with E-state index in [0.29, 0.717) is 5.56 Å². The smallest absolute Gasteiger partial charge is 0.339 e. The summed E-state index contributed by atoms with van der Waals surface area (Å²) >= 11 is 0. The molecule has 0 aliphatic rings. The Hall–Kier alpha value is -2.14. The summed E-state index contributed by atoms with van der Waals surface area (Å²) in [4.78, 5) is 0.0821. The van der Waals surface area contributed by atoms with Crippen LogP contribution in [0.1, 0.15) is 17.2 Å². The first-order valence-corrected chi connectivity index (χ1v) is 12.6. The Balaban J connectivity index is 2.27. The van der Waals surface area contributed by atoms with E-state index in [0.717, 1.165) is 5.56 Å². The molecule has 0 aliphatic carbocycles. The van der Waals surface area contributed by atoms with E-state index in [1.807, 2.05) is 26.6 Å². The number of hydrogen-bond donors (Lipinski definition) is 0. The predicted molar refractivity (Wildman–Crippen MR) is 98.2 cm³/mol. The topological polar surface area (TPSA) is 76.4 Å². The van der Waals surface area contributed by atoms with Crippen LogP contribution >= 0.6 is 0 Å². The normalized spacial score (nSPS) is 13.1. The summed E-state index contributed by atoms with van der Waals surface area (Å²) in [6.07, 6.45) is -0.753. The van der Waals surface area contributed by atoms with Crippen molar-refractivity contribution >= 4 is 18.4 Å². The molecule has 0 aromatic heterocycles. The Morgan fingerprint density at radius 2 is 1.72 bits per heavy atom. The SMILES string of the molecule is Cc1ccc(S(=O)(=O)Oc2cccc(C(C#N)O[Si](C)(C)C)c2)cc1. The molecule has 0 aliphatic heterocycles. The van der Waals surface area contributed by atoms with Crippen molar-refractivity contribution < 1.29 is 17.0 Å². The fourth-order valence-electron chi connectivity index (χ4n) is 2.13. The first-order valence-electron chi connectivity index (χ1n) is 7.79. The van der Waals surface area contributed by atoms with Crippen LogP contribution < -0.4 is 4.18 Å². The van der Waals surface area contributed by atoms with E-state index in [4.69, 9.17) is 8.61 Å². The van der Waals surface area contributed by atoms with Crippen molar-refractivity contribution in [1.82, 2.24) is 0 Å². The Morgan fingerprint density at radius 3 is 2.28 bits per heavy atom. The van der Waals surface area contributed by atoms with Gasteiger partial charge in [-0.2, -0.15) is 13.7 Å². The fraction of sp³-hybridized carbons (Fsp3) is 0.278. The molecule has 25 heavy (non-hydrogen) atoms. The Bertz CT molecular complexity index is 881. The minimum Gasteiger partial charge on any atom is -0.399 e. The molecule has 2 rings (SSSR count). The number of nitriles is 1. The zero-order valence-electron chi connectivity index (χ0n) is 14.7. The van der Waals surface area contributed by atoms with Crippen molar-refractivity contribution in [2.24, 2.45) is 0 Å². The van der Waals surface area contributed by atoms with Crippen LogP contribution in [0.15, 0.2) is 53.4 Å². The molecule has 1 atom stereocenters. The summed E-state index contributed by atoms with van der Waals surface area (Å²) in [5.41, 5.74) is 1.53. The molecule has 0 N–H and O–H groups in total. The highest BCUT2D eigenvalue weighted by atomic mass is 32.2. The lowest BCUT2D eigenvalue weighted by atomic mass is 10.1. The molecular weight excluding hydrogens is 354 g/mol. The number of nitrogens with zero attached hydrogens (tertiary/aromatic N) is 1. The third-order valence-corrected chi connectivity index (χ3v) is 5.47. The van der Waals surface area contributed by atoms with Gasteiger partial charge in [0.1, 0.15) is 10.6 Å². The second-order valence-electron chi connectivity index (χ2n) is 6.66. The van der Waals surface area contributed by atoms with Crippen LogP contribution in [0.2, 0.25) is 19.6 Å². The Morgan fingerprint density at radius 1 is 1.08 bits per heavy atom. The highest BCUT2D eigenvalue weighted by Crippen LogP contribution is 2.26. The van der Waals surface area contributed by atoms with Gasteiger partial charge in [0.25, 0.3) is 0 Å². The van der Waals surface area contributed by atoms with E-state index < -0.39 is 24.5 Å². The van der Waals surface area contributed by atoms with Gasteiger partial charge in [-0.1, -0.05) is 29.8 Å². The standard InChI is InChI=1S/C18H21NO4SSi/c1-14-8-10-17(11-9-14)24(20,21)22-16-7-5-6-15(12-16)18(13-19)23-25(2,3)4/h5-12,18H,1-4H3. The van der Waals surface area contributed by atoms with Crippen LogP contribution in [-0.2, 0) is 14.5 Å². The third kappa shape index (κ3) is 5.43. The molecule has 0 spiro atoms. The summed E-state index contributed by atoms with van der Waals surface area (Å²) in [5.74, 6) is 0.150. The molecule has 1 unspecified atom stereocenters. The lowest BCUT2D eigenvalue weighted by Gasteiger charge is -2.22. The van der Waals surface area contributed by atoms with E-state index in [9.17, 15) is 13.7 Å². The zero-order valence-corrected chi connectivity index (χ0v) is 16.5. The molecule has 0 amide bonds. The van der Waals surface area contributed by atoms with Gasteiger partial charge in [0, 0.05) is 0 Å². The van der Waals surface area contributed by atoms with E-state index in [1.165, 1.54) is 24.3 Å². The van der Waals surface area contributed by atoms with Crippen LogP contribution in [0.3, 0.4) is 0 Å². The highest BCUT2D eigenvalue weighted by Gasteiger charge is 2.23. The van der Waals surface area contributed by atoms with E-state index >= 15 is 0 Å². The molecule has 5 nitrogen and oxygen atoms in total. The lowest BCUT2D eigenvalue weighted by Crippen LogP contribution is -2.27. The van der Waals surface area contributed by atoms with Gasteiger partial charge in [0.2, 0.25) is 0 Å². The van der Waals surface area contributed by atoms with Crippen LogP contribution in [0.25, 0.3) is 0 Å². The first-order chi connectivity index (χ1) is 11.6. The second-order valence-corrected chi connectivity index (χ2v) is 12.7. The van der Waals surface area contributed by atoms with Gasteiger partial charge in [-0.15, -0.1) is 0 Å². The summed E-state index contributed by atoms with van der Waals surface area (Å²) < 4.78 is 35.8. The van der Waals surface area contributed by atoms with Crippen LogP contribution in [0, 0.1) is 18.3 Å². The number of rotatable bonds is 6. The van der Waals surface area contributed by atoms with Gasteiger partial charge >= 0.3 is 10.1 Å². The molecule has 0 heterocycles. The molecule has 0 fully saturated rings. The minimum absolute atomic E-state index is 0.0821. The predicted octanol–water partition coefficient (Wildman–Crippen LogP) is 4.18. The zero-order chi connectivity index (χ0) is 18.7. The summed E-state index contributed by atoms with van der Waals surface area (Å²) in [6, 6.07) is 15.0. The van der Waals surface area contributed by atoms with Crippen LogP contribution in [0.4, 0.5) is 0 Å².